The van der Waals surface area contributed by atoms with E-state index in [4.69, 9.17) is 4.74 Å². The second-order valence-electron chi connectivity index (χ2n) is 8.20. The number of carbonyl (C=O) groups is 1. The first-order valence-electron chi connectivity index (χ1n) is 10.3. The third kappa shape index (κ3) is 4.63. The van der Waals surface area contributed by atoms with Crippen molar-refractivity contribution in [1.29, 1.82) is 5.26 Å². The molecule has 29 heavy (non-hydrogen) atoms. The first-order chi connectivity index (χ1) is 14.1. The van der Waals surface area contributed by atoms with Crippen LogP contribution in [0, 0.1) is 17.2 Å². The van der Waals surface area contributed by atoms with Crippen molar-refractivity contribution in [3.8, 4) is 11.8 Å². The average molecular weight is 410 g/mol. The molecule has 5 nitrogen and oxygen atoms in total. The molecule has 1 saturated carbocycles. The van der Waals surface area contributed by atoms with Crippen LogP contribution in [0.15, 0.2) is 24.3 Å². The number of benzene rings is 1. The first kappa shape index (κ1) is 19.9. The van der Waals surface area contributed by atoms with Crippen molar-refractivity contribution < 1.29 is 9.53 Å². The second-order valence-corrected chi connectivity index (χ2v) is 9.31. The lowest BCUT2D eigenvalue weighted by molar-refractivity contribution is -0.117. The number of fused-ring (bicyclic) bond motifs is 1. The number of hydrogen-bond acceptors (Lipinski definition) is 5. The predicted molar refractivity (Wildman–Crippen MR) is 115 cm³/mol. The molecule has 1 amide bonds. The number of hydrogen-bond donors (Lipinski definition) is 1. The molecule has 0 aliphatic heterocycles. The van der Waals surface area contributed by atoms with Gasteiger partial charge in [0.15, 0.2) is 0 Å². The summed E-state index contributed by atoms with van der Waals surface area (Å²) in [7, 11) is 1.66. The van der Waals surface area contributed by atoms with E-state index in [-0.39, 0.29) is 5.91 Å². The zero-order chi connectivity index (χ0) is 20.4. The van der Waals surface area contributed by atoms with Gasteiger partial charge in [-0.3, -0.25) is 9.69 Å². The van der Waals surface area contributed by atoms with Crippen LogP contribution in [0.3, 0.4) is 0 Å². The molecule has 0 unspecified atom stereocenters. The van der Waals surface area contributed by atoms with Gasteiger partial charge in [0, 0.05) is 17.5 Å². The Morgan fingerprint density at radius 3 is 2.72 bits per heavy atom. The maximum absolute atomic E-state index is 12.8. The van der Waals surface area contributed by atoms with Gasteiger partial charge in [0.25, 0.3) is 0 Å². The standard InChI is InChI=1S/C23H27N3O2S/c1-15-3-10-19-20(12-24)23(29-21(19)11-15)25-22(27)14-26(17-6-7-17)13-16-4-8-18(28-2)9-5-16/h4-5,8-9,15,17H,3,6-7,10-11,13-14H2,1-2H3,(H,25,27)/t15-/m0/s1. The van der Waals surface area contributed by atoms with Crippen molar-refractivity contribution in [3.05, 3.63) is 45.8 Å². The van der Waals surface area contributed by atoms with Crippen molar-refractivity contribution in [1.82, 2.24) is 4.90 Å². The van der Waals surface area contributed by atoms with Crippen LogP contribution in [0.1, 0.15) is 47.8 Å². The summed E-state index contributed by atoms with van der Waals surface area (Å²) in [5.74, 6) is 1.45. The number of amides is 1. The van der Waals surface area contributed by atoms with Gasteiger partial charge in [0.1, 0.15) is 16.8 Å². The van der Waals surface area contributed by atoms with Crippen LogP contribution < -0.4 is 10.1 Å². The number of ether oxygens (including phenoxy) is 1. The van der Waals surface area contributed by atoms with Crippen molar-refractivity contribution in [2.45, 2.75) is 51.6 Å². The maximum Gasteiger partial charge on any atom is 0.239 e. The Balaban J connectivity index is 1.43. The van der Waals surface area contributed by atoms with Crippen molar-refractivity contribution in [3.63, 3.8) is 0 Å². The Labute approximate surface area is 176 Å². The fraction of sp³-hybridized carbons (Fsp3) is 0.478. The topological polar surface area (TPSA) is 65.4 Å². The van der Waals surface area contributed by atoms with Crippen LogP contribution in [-0.2, 0) is 24.2 Å². The molecule has 1 heterocycles. The lowest BCUT2D eigenvalue weighted by Gasteiger charge is -2.21. The smallest absolute Gasteiger partial charge is 0.239 e. The van der Waals surface area contributed by atoms with E-state index in [1.54, 1.807) is 18.4 Å². The van der Waals surface area contributed by atoms with Gasteiger partial charge in [0.2, 0.25) is 5.91 Å². The lowest BCUT2D eigenvalue weighted by atomic mass is 9.89. The van der Waals surface area contributed by atoms with Gasteiger partial charge in [-0.05, 0) is 61.3 Å². The summed E-state index contributed by atoms with van der Waals surface area (Å²) >= 11 is 1.59. The highest BCUT2D eigenvalue weighted by molar-refractivity contribution is 7.16. The molecular weight excluding hydrogens is 382 g/mol. The van der Waals surface area contributed by atoms with Crippen LogP contribution in [0.5, 0.6) is 5.75 Å². The summed E-state index contributed by atoms with van der Waals surface area (Å²) in [5, 5.41) is 13.4. The molecule has 1 fully saturated rings. The Bertz CT molecular complexity index is 925. The number of methoxy groups -OCH3 is 1. The minimum Gasteiger partial charge on any atom is -0.497 e. The molecule has 2 aliphatic rings. The van der Waals surface area contributed by atoms with E-state index in [0.29, 0.717) is 24.1 Å². The van der Waals surface area contributed by atoms with Crippen molar-refractivity contribution in [2.24, 2.45) is 5.92 Å². The van der Waals surface area contributed by atoms with Crippen LogP contribution in [0.4, 0.5) is 5.00 Å². The Morgan fingerprint density at radius 1 is 1.31 bits per heavy atom. The number of nitrogens with one attached hydrogen (secondary N) is 1. The average Bonchev–Trinajstić information content (AvgIpc) is 3.50. The molecule has 4 rings (SSSR count). The van der Waals surface area contributed by atoms with Gasteiger partial charge in [-0.15, -0.1) is 11.3 Å². The molecule has 1 aromatic carbocycles. The summed E-state index contributed by atoms with van der Waals surface area (Å²) in [4.78, 5) is 16.3. The zero-order valence-electron chi connectivity index (χ0n) is 17.0. The summed E-state index contributed by atoms with van der Waals surface area (Å²) in [6.45, 7) is 3.34. The molecule has 6 heteroatoms. The van der Waals surface area contributed by atoms with E-state index >= 15 is 0 Å². The minimum atomic E-state index is -0.0337. The van der Waals surface area contributed by atoms with Crippen LogP contribution in [0.2, 0.25) is 0 Å². The molecule has 1 atom stereocenters. The third-order valence-electron chi connectivity index (χ3n) is 5.83. The molecule has 2 aromatic rings. The normalized spacial score (nSPS) is 18.2. The molecule has 2 aliphatic carbocycles. The highest BCUT2D eigenvalue weighted by Crippen LogP contribution is 2.39. The van der Waals surface area contributed by atoms with Gasteiger partial charge >= 0.3 is 0 Å². The zero-order valence-corrected chi connectivity index (χ0v) is 17.8. The molecule has 1 aromatic heterocycles. The van der Waals surface area contributed by atoms with Gasteiger partial charge in [-0.1, -0.05) is 19.1 Å². The second kappa shape index (κ2) is 8.56. The van der Waals surface area contributed by atoms with Gasteiger partial charge in [0.05, 0.1) is 19.2 Å². The van der Waals surface area contributed by atoms with Gasteiger partial charge in [-0.2, -0.15) is 5.26 Å². The summed E-state index contributed by atoms with van der Waals surface area (Å²) < 4.78 is 5.22. The van der Waals surface area contributed by atoms with Crippen molar-refractivity contribution >= 4 is 22.2 Å². The first-order valence-corrected chi connectivity index (χ1v) is 11.1. The number of carbonyl (C=O) groups excluding carboxylic acids is 1. The highest BCUT2D eigenvalue weighted by Gasteiger charge is 2.31. The van der Waals surface area contributed by atoms with Crippen molar-refractivity contribution in [2.75, 3.05) is 19.0 Å². The maximum atomic E-state index is 12.8. The van der Waals surface area contributed by atoms with Gasteiger partial charge < -0.3 is 10.1 Å². The number of nitrogens with zero attached hydrogens (tertiary/aromatic N) is 2. The van der Waals surface area contributed by atoms with Crippen LogP contribution in [-0.4, -0.2) is 30.5 Å². The number of thiophene rings is 1. The fourth-order valence-corrected chi connectivity index (χ4v) is 5.40. The Morgan fingerprint density at radius 2 is 2.07 bits per heavy atom. The largest absolute Gasteiger partial charge is 0.497 e. The van der Waals surface area contributed by atoms with E-state index in [1.807, 2.05) is 24.3 Å². The molecular formula is C23H27N3O2S. The number of nitriles is 1. The highest BCUT2D eigenvalue weighted by atomic mass is 32.1. The van der Waals surface area contributed by atoms with Crippen LogP contribution >= 0.6 is 11.3 Å². The summed E-state index contributed by atoms with van der Waals surface area (Å²) in [6.07, 6.45) is 5.34. The van der Waals surface area contributed by atoms with E-state index in [1.165, 1.54) is 10.4 Å². The molecule has 0 saturated heterocycles. The monoisotopic (exact) mass is 409 g/mol. The SMILES string of the molecule is COc1ccc(CN(CC(=O)Nc2sc3c(c2C#N)CC[C@H](C)C3)C2CC2)cc1. The molecule has 1 N–H and O–H groups in total. The molecule has 152 valence electrons. The van der Waals surface area contributed by atoms with E-state index in [0.717, 1.165) is 55.0 Å². The van der Waals surface area contributed by atoms with Crippen LogP contribution in [0.25, 0.3) is 0 Å². The van der Waals surface area contributed by atoms with E-state index < -0.39 is 0 Å². The number of anilines is 1. The quantitative estimate of drug-likeness (QED) is 0.738. The van der Waals surface area contributed by atoms with Gasteiger partial charge in [-0.25, -0.2) is 0 Å². The fourth-order valence-electron chi connectivity index (χ4n) is 4.03. The Kier molecular flexibility index (Phi) is 5.89. The van der Waals surface area contributed by atoms with E-state index in [2.05, 4.69) is 23.2 Å². The number of rotatable bonds is 7. The molecule has 0 radical (unpaired) electrons. The molecule has 0 spiro atoms. The Hall–Kier alpha value is -2.36. The lowest BCUT2D eigenvalue weighted by Crippen LogP contribution is -2.34. The summed E-state index contributed by atoms with van der Waals surface area (Å²) in [5.41, 5.74) is 3.00. The molecule has 0 bridgehead atoms. The van der Waals surface area contributed by atoms with E-state index in [9.17, 15) is 10.1 Å². The predicted octanol–water partition coefficient (Wildman–Crippen LogP) is 4.36. The minimum absolute atomic E-state index is 0.0337. The third-order valence-corrected chi connectivity index (χ3v) is 7.00. The summed E-state index contributed by atoms with van der Waals surface area (Å²) in [6, 6.07) is 10.8.